The fourth-order valence-corrected chi connectivity index (χ4v) is 3.31. The molecule has 0 aromatic heterocycles. The number of nitrogen functional groups attached to an aromatic ring is 1. The van der Waals surface area contributed by atoms with Crippen molar-refractivity contribution in [2.75, 3.05) is 24.6 Å². The van der Waals surface area contributed by atoms with Crippen molar-refractivity contribution < 1.29 is 9.72 Å². The second-order valence-electron chi connectivity index (χ2n) is 5.36. The molecule has 6 nitrogen and oxygen atoms in total. The summed E-state index contributed by atoms with van der Waals surface area (Å²) in [7, 11) is 0. The van der Waals surface area contributed by atoms with E-state index in [4.69, 9.17) is 5.73 Å². The summed E-state index contributed by atoms with van der Waals surface area (Å²) < 4.78 is -0.0105. The van der Waals surface area contributed by atoms with Crippen molar-refractivity contribution in [3.63, 3.8) is 0 Å². The van der Waals surface area contributed by atoms with Crippen LogP contribution in [0.25, 0.3) is 0 Å². The molecule has 2 rings (SSSR count). The Labute approximate surface area is 121 Å². The molecule has 1 heterocycles. The summed E-state index contributed by atoms with van der Waals surface area (Å²) in [6, 6.07) is 3.98. The van der Waals surface area contributed by atoms with E-state index in [1.165, 1.54) is 18.2 Å². The zero-order valence-corrected chi connectivity index (χ0v) is 12.3. The van der Waals surface area contributed by atoms with Gasteiger partial charge in [-0.1, -0.05) is 0 Å². The first-order chi connectivity index (χ1) is 9.30. The van der Waals surface area contributed by atoms with Crippen molar-refractivity contribution in [2.24, 2.45) is 0 Å². The molecular weight excluding hydrogens is 278 g/mol. The first-order valence-corrected chi connectivity index (χ1v) is 7.26. The normalized spacial score (nSPS) is 17.8. The summed E-state index contributed by atoms with van der Waals surface area (Å²) in [4.78, 5) is 24.5. The number of nitrogens with two attached hydrogens (primary N) is 1. The molecule has 20 heavy (non-hydrogen) atoms. The number of hydrogen-bond donors (Lipinski definition) is 1. The molecule has 0 spiro atoms. The maximum absolute atomic E-state index is 12.5. The van der Waals surface area contributed by atoms with E-state index in [2.05, 4.69) is 13.8 Å². The summed E-state index contributed by atoms with van der Waals surface area (Å²) >= 11 is 1.82. The van der Waals surface area contributed by atoms with E-state index in [0.717, 1.165) is 5.75 Å². The van der Waals surface area contributed by atoms with Gasteiger partial charge in [-0.15, -0.1) is 0 Å². The smallest absolute Gasteiger partial charge is 0.270 e. The number of non-ortho nitro benzene ring substituents is 1. The second-order valence-corrected chi connectivity index (χ2v) is 7.17. The molecule has 1 aromatic rings. The number of nitro benzene ring substituents is 1. The van der Waals surface area contributed by atoms with E-state index in [9.17, 15) is 14.9 Å². The lowest BCUT2D eigenvalue weighted by Crippen LogP contribution is -2.46. The van der Waals surface area contributed by atoms with Crippen molar-refractivity contribution in [2.45, 2.75) is 18.6 Å². The van der Waals surface area contributed by atoms with Gasteiger partial charge in [0.2, 0.25) is 0 Å². The molecule has 1 aliphatic rings. The third-order valence-electron chi connectivity index (χ3n) is 3.19. The number of hydrogen-bond acceptors (Lipinski definition) is 5. The van der Waals surface area contributed by atoms with E-state index in [0.29, 0.717) is 13.1 Å². The molecule has 0 aliphatic carbocycles. The molecule has 1 aliphatic heterocycles. The number of carbonyl (C=O) groups is 1. The topological polar surface area (TPSA) is 89.5 Å². The highest BCUT2D eigenvalue weighted by atomic mass is 32.2. The minimum atomic E-state index is -0.522. The lowest BCUT2D eigenvalue weighted by atomic mass is 10.1. The lowest BCUT2D eigenvalue weighted by molar-refractivity contribution is -0.384. The largest absolute Gasteiger partial charge is 0.398 e. The minimum absolute atomic E-state index is 0.0105. The van der Waals surface area contributed by atoms with Crippen LogP contribution in [0.4, 0.5) is 11.4 Å². The molecular formula is C13H17N3O3S. The molecule has 1 aromatic carbocycles. The van der Waals surface area contributed by atoms with Crippen LogP contribution in [0.3, 0.4) is 0 Å². The van der Waals surface area contributed by atoms with E-state index in [1.54, 1.807) is 4.90 Å². The summed E-state index contributed by atoms with van der Waals surface area (Å²) in [6.07, 6.45) is 0. The maximum Gasteiger partial charge on any atom is 0.270 e. The van der Waals surface area contributed by atoms with Crippen molar-refractivity contribution in [1.82, 2.24) is 4.90 Å². The van der Waals surface area contributed by atoms with Gasteiger partial charge < -0.3 is 10.6 Å². The van der Waals surface area contributed by atoms with Crippen molar-refractivity contribution in [1.29, 1.82) is 0 Å². The van der Waals surface area contributed by atoms with Gasteiger partial charge >= 0.3 is 0 Å². The third-order valence-corrected chi connectivity index (χ3v) is 4.49. The predicted molar refractivity (Wildman–Crippen MR) is 79.9 cm³/mol. The van der Waals surface area contributed by atoms with Gasteiger partial charge in [0.05, 0.1) is 10.5 Å². The minimum Gasteiger partial charge on any atom is -0.398 e. The van der Waals surface area contributed by atoms with Gasteiger partial charge in [-0.05, 0) is 19.9 Å². The Kier molecular flexibility index (Phi) is 3.89. The number of thioether (sulfide) groups is 1. The average Bonchev–Trinajstić information content (AvgIpc) is 2.37. The fourth-order valence-electron chi connectivity index (χ4n) is 2.20. The summed E-state index contributed by atoms with van der Waals surface area (Å²) in [5.41, 5.74) is 6.16. The first-order valence-electron chi connectivity index (χ1n) is 6.27. The molecule has 0 radical (unpaired) electrons. The first kappa shape index (κ1) is 14.6. The van der Waals surface area contributed by atoms with Crippen LogP contribution >= 0.6 is 11.8 Å². The van der Waals surface area contributed by atoms with Gasteiger partial charge in [0.25, 0.3) is 11.6 Å². The highest BCUT2D eigenvalue weighted by molar-refractivity contribution is 8.00. The van der Waals surface area contributed by atoms with Crippen LogP contribution in [0.1, 0.15) is 24.2 Å². The van der Waals surface area contributed by atoms with Gasteiger partial charge in [-0.3, -0.25) is 14.9 Å². The van der Waals surface area contributed by atoms with Gasteiger partial charge in [0, 0.05) is 41.4 Å². The average molecular weight is 295 g/mol. The van der Waals surface area contributed by atoms with Crippen LogP contribution in [0.2, 0.25) is 0 Å². The third kappa shape index (κ3) is 3.04. The van der Waals surface area contributed by atoms with Crippen LogP contribution in [0.15, 0.2) is 18.2 Å². The molecule has 2 N–H and O–H groups in total. The Morgan fingerprint density at radius 3 is 2.80 bits per heavy atom. The van der Waals surface area contributed by atoms with Gasteiger partial charge in [-0.25, -0.2) is 0 Å². The highest BCUT2D eigenvalue weighted by Gasteiger charge is 2.31. The molecule has 1 fully saturated rings. The highest BCUT2D eigenvalue weighted by Crippen LogP contribution is 2.31. The fraction of sp³-hybridized carbons (Fsp3) is 0.462. The molecule has 7 heteroatoms. The van der Waals surface area contributed by atoms with Crippen LogP contribution in [-0.4, -0.2) is 39.3 Å². The number of nitro groups is 1. The Hall–Kier alpha value is -1.76. The molecule has 108 valence electrons. The van der Waals surface area contributed by atoms with Crippen LogP contribution < -0.4 is 5.73 Å². The molecule has 0 bridgehead atoms. The zero-order chi connectivity index (χ0) is 14.9. The molecule has 1 saturated heterocycles. The van der Waals surface area contributed by atoms with E-state index < -0.39 is 4.92 Å². The maximum atomic E-state index is 12.5. The number of nitrogens with zero attached hydrogens (tertiary/aromatic N) is 2. The Balaban J connectivity index is 2.29. The van der Waals surface area contributed by atoms with Crippen molar-refractivity contribution in [3.05, 3.63) is 33.9 Å². The number of anilines is 1. The molecule has 0 unspecified atom stereocenters. The van der Waals surface area contributed by atoms with Gasteiger partial charge in [0.15, 0.2) is 0 Å². The molecule has 1 amide bonds. The predicted octanol–water partition coefficient (Wildman–Crippen LogP) is 2.14. The number of carbonyl (C=O) groups excluding carboxylic acids is 1. The van der Waals surface area contributed by atoms with Crippen molar-refractivity contribution in [3.8, 4) is 0 Å². The summed E-state index contributed by atoms with van der Waals surface area (Å²) in [5, 5.41) is 10.8. The molecule has 0 saturated carbocycles. The lowest BCUT2D eigenvalue weighted by Gasteiger charge is -2.37. The van der Waals surface area contributed by atoms with Gasteiger partial charge in [-0.2, -0.15) is 11.8 Å². The van der Waals surface area contributed by atoms with E-state index >= 15 is 0 Å². The number of amides is 1. The second kappa shape index (κ2) is 5.32. The molecule has 0 atom stereocenters. The van der Waals surface area contributed by atoms with Gasteiger partial charge in [0.1, 0.15) is 0 Å². The van der Waals surface area contributed by atoms with Crippen LogP contribution in [0, 0.1) is 10.1 Å². The van der Waals surface area contributed by atoms with E-state index in [-0.39, 0.29) is 27.6 Å². The zero-order valence-electron chi connectivity index (χ0n) is 11.5. The monoisotopic (exact) mass is 295 g/mol. The summed E-state index contributed by atoms with van der Waals surface area (Å²) in [5.74, 6) is 0.618. The SMILES string of the molecule is CC1(C)CN(C(=O)c2cc([N+](=O)[O-])ccc2N)CCS1. The Bertz CT molecular complexity index is 560. The number of benzene rings is 1. The quantitative estimate of drug-likeness (QED) is 0.513. The number of rotatable bonds is 2. The Morgan fingerprint density at radius 1 is 1.50 bits per heavy atom. The Morgan fingerprint density at radius 2 is 2.20 bits per heavy atom. The summed E-state index contributed by atoms with van der Waals surface area (Å²) in [6.45, 7) is 5.40. The van der Waals surface area contributed by atoms with Crippen LogP contribution in [-0.2, 0) is 0 Å². The standard InChI is InChI=1S/C13H17N3O3S/c1-13(2)8-15(5-6-20-13)12(17)10-7-9(16(18)19)3-4-11(10)14/h3-4,7H,5-6,8,14H2,1-2H3. The van der Waals surface area contributed by atoms with Crippen LogP contribution in [0.5, 0.6) is 0 Å². The van der Waals surface area contributed by atoms with E-state index in [1.807, 2.05) is 11.8 Å². The van der Waals surface area contributed by atoms with Crippen molar-refractivity contribution >= 4 is 29.0 Å².